The van der Waals surface area contributed by atoms with Crippen LogP contribution in [0.2, 0.25) is 0 Å². The molecule has 54 valence electrons. The first kappa shape index (κ1) is 7.29. The molecule has 1 heterocycles. The molecule has 1 aliphatic carbocycles. The lowest BCUT2D eigenvalue weighted by atomic mass is 9.94. The summed E-state index contributed by atoms with van der Waals surface area (Å²) >= 11 is 0. The summed E-state index contributed by atoms with van der Waals surface area (Å²) in [6.07, 6.45) is 2.25. The molecule has 2 aliphatic rings. The van der Waals surface area contributed by atoms with E-state index >= 15 is 0 Å². The molecule has 9 heavy (non-hydrogen) atoms. The lowest BCUT2D eigenvalue weighted by Gasteiger charge is -2.35. The average Bonchev–Trinajstić information content (AvgIpc) is 2.38. The molecule has 1 aliphatic heterocycles. The Kier molecular flexibility index (Phi) is 1.70. The molecule has 1 N–H and O–H groups in total. The molecule has 0 aromatic carbocycles. The summed E-state index contributed by atoms with van der Waals surface area (Å²) in [6.45, 7) is 1.22. The minimum absolute atomic E-state index is 0. The molecule has 0 aromatic heterocycles. The average molecular weight is 152 g/mol. The van der Waals surface area contributed by atoms with Gasteiger partial charge in [0, 0.05) is 13.1 Å². The molecule has 0 aromatic rings. The fourth-order valence-corrected chi connectivity index (χ4v) is 1.25. The molecule has 0 atom stereocenters. The van der Waals surface area contributed by atoms with Crippen molar-refractivity contribution >= 4 is 0 Å². The van der Waals surface area contributed by atoms with Crippen LogP contribution in [0.4, 0.5) is 4.39 Å². The Hall–Kier alpha value is 0.180. The van der Waals surface area contributed by atoms with Crippen molar-refractivity contribution in [2.24, 2.45) is 5.92 Å². The smallest absolute Gasteiger partial charge is 1.00 e. The largest absolute Gasteiger partial charge is 1.00 e. The summed E-state index contributed by atoms with van der Waals surface area (Å²) in [5.41, 5.74) is -0.778. The zero-order valence-electron chi connectivity index (χ0n) is 6.16. The van der Waals surface area contributed by atoms with E-state index in [1.165, 1.54) is 0 Å². The minimum atomic E-state index is -0.778. The van der Waals surface area contributed by atoms with Gasteiger partial charge in [-0.05, 0) is 18.8 Å². The van der Waals surface area contributed by atoms with Crippen LogP contribution in [0, 0.1) is 5.92 Å². The van der Waals surface area contributed by atoms with Gasteiger partial charge in [-0.3, -0.25) is 0 Å². The fraction of sp³-hybridized carbons (Fsp3) is 1.00. The molecule has 3 heteroatoms. The number of alkyl halides is 1. The highest BCUT2D eigenvalue weighted by atomic mass is 35.5. The van der Waals surface area contributed by atoms with Gasteiger partial charge in [0.15, 0.2) is 0 Å². The second kappa shape index (κ2) is 2.10. The molecule has 0 unspecified atom stereocenters. The number of hydrogen-bond acceptors (Lipinski definition) is 1. The summed E-state index contributed by atoms with van der Waals surface area (Å²) < 4.78 is 13.0. The van der Waals surface area contributed by atoms with E-state index in [0.717, 1.165) is 12.8 Å². The lowest BCUT2D eigenvalue weighted by Crippen LogP contribution is -3.00. The summed E-state index contributed by atoms with van der Waals surface area (Å²) in [5, 5.41) is 2.95. The second-order valence-electron chi connectivity index (χ2n) is 2.91. The van der Waals surface area contributed by atoms with Crippen LogP contribution in [-0.4, -0.2) is 18.8 Å². The third-order valence-electron chi connectivity index (χ3n) is 2.15. The maximum Gasteiger partial charge on any atom is 1.00 e. The van der Waals surface area contributed by atoms with Crippen LogP contribution in [0.1, 0.15) is 14.3 Å². The summed E-state index contributed by atoms with van der Waals surface area (Å²) in [5.74, 6) is 0.420. The Morgan fingerprint density at radius 3 is 2.11 bits per heavy atom. The molecule has 1 saturated carbocycles. The molecule has 0 amide bonds. The van der Waals surface area contributed by atoms with Crippen molar-refractivity contribution < 1.29 is 18.2 Å². The zero-order chi connectivity index (χ0) is 5.61. The molecule has 2 fully saturated rings. The Morgan fingerprint density at radius 2 is 2.00 bits per heavy atom. The van der Waals surface area contributed by atoms with Gasteiger partial charge in [-0.1, -0.05) is 0 Å². The van der Waals surface area contributed by atoms with E-state index in [-0.39, 0.29) is 13.8 Å². The number of halogens is 2. The van der Waals surface area contributed by atoms with Gasteiger partial charge in [0.1, 0.15) is 5.67 Å². The molecule has 0 bridgehead atoms. The first-order valence-corrected chi connectivity index (χ1v) is 3.21. The molecule has 0 radical (unpaired) electrons. The minimum Gasteiger partial charge on any atom is -1.00 e. The number of hydrogen-bond donors (Lipinski definition) is 1. The molecular formula is C6H11ClFN. The highest BCUT2D eigenvalue weighted by Crippen LogP contribution is 2.44. The van der Waals surface area contributed by atoms with Crippen molar-refractivity contribution in [3.63, 3.8) is 0 Å². The molecule has 1 nitrogen and oxygen atoms in total. The van der Waals surface area contributed by atoms with Crippen LogP contribution in [0.5, 0.6) is 0 Å². The van der Waals surface area contributed by atoms with Gasteiger partial charge in [-0.15, -0.1) is 0 Å². The SMILES string of the molecule is FC1(C2CC2)CNC1.[Cl-].[H+]. The van der Waals surface area contributed by atoms with Crippen LogP contribution in [-0.2, 0) is 0 Å². The van der Waals surface area contributed by atoms with Crippen molar-refractivity contribution in [2.45, 2.75) is 18.5 Å². The predicted octanol–water partition coefficient (Wildman–Crippen LogP) is -2.18. The van der Waals surface area contributed by atoms with E-state index in [4.69, 9.17) is 0 Å². The van der Waals surface area contributed by atoms with Crippen LogP contribution >= 0.6 is 0 Å². The maximum absolute atomic E-state index is 13.0. The monoisotopic (exact) mass is 151 g/mol. The molecule has 0 spiro atoms. The van der Waals surface area contributed by atoms with Gasteiger partial charge in [0.2, 0.25) is 0 Å². The van der Waals surface area contributed by atoms with Gasteiger partial charge >= 0.3 is 1.43 Å². The van der Waals surface area contributed by atoms with Gasteiger partial charge in [0.25, 0.3) is 0 Å². The normalized spacial score (nSPS) is 30.3. The summed E-state index contributed by atoms with van der Waals surface area (Å²) in [4.78, 5) is 0. The topological polar surface area (TPSA) is 12.0 Å². The van der Waals surface area contributed by atoms with Crippen LogP contribution in [0.3, 0.4) is 0 Å². The zero-order valence-corrected chi connectivity index (χ0v) is 5.92. The Labute approximate surface area is 61.9 Å². The number of nitrogens with one attached hydrogen (secondary N) is 1. The van der Waals surface area contributed by atoms with Crippen LogP contribution in [0.15, 0.2) is 0 Å². The molecular weight excluding hydrogens is 141 g/mol. The van der Waals surface area contributed by atoms with E-state index in [0.29, 0.717) is 19.0 Å². The summed E-state index contributed by atoms with van der Waals surface area (Å²) in [6, 6.07) is 0. The van der Waals surface area contributed by atoms with E-state index < -0.39 is 5.67 Å². The summed E-state index contributed by atoms with van der Waals surface area (Å²) in [7, 11) is 0. The fourth-order valence-electron chi connectivity index (χ4n) is 1.25. The number of rotatable bonds is 1. The highest BCUT2D eigenvalue weighted by Gasteiger charge is 2.49. The Balaban J connectivity index is 0.000000405. The quantitative estimate of drug-likeness (QED) is 0.450. The lowest BCUT2D eigenvalue weighted by molar-refractivity contribution is -0.00000489. The van der Waals surface area contributed by atoms with E-state index in [1.807, 2.05) is 0 Å². The van der Waals surface area contributed by atoms with Gasteiger partial charge in [-0.2, -0.15) is 0 Å². The molecule has 2 rings (SSSR count). The first-order valence-electron chi connectivity index (χ1n) is 3.21. The van der Waals surface area contributed by atoms with Crippen LogP contribution < -0.4 is 17.7 Å². The van der Waals surface area contributed by atoms with E-state index in [2.05, 4.69) is 5.32 Å². The Bertz CT molecular complexity index is 114. The third kappa shape index (κ3) is 1.06. The van der Waals surface area contributed by atoms with Gasteiger partial charge < -0.3 is 17.7 Å². The standard InChI is InChI=1S/C6H10FN.ClH/c7-6(3-8-4-6)5-1-2-5;/h5,8H,1-4H2;1H. The first-order chi connectivity index (χ1) is 3.81. The van der Waals surface area contributed by atoms with Crippen molar-refractivity contribution in [3.8, 4) is 0 Å². The predicted molar refractivity (Wildman–Crippen MR) is 30.5 cm³/mol. The van der Waals surface area contributed by atoms with Crippen molar-refractivity contribution in [2.75, 3.05) is 13.1 Å². The third-order valence-corrected chi connectivity index (χ3v) is 2.15. The van der Waals surface area contributed by atoms with E-state index in [1.54, 1.807) is 0 Å². The van der Waals surface area contributed by atoms with Gasteiger partial charge in [0.05, 0.1) is 0 Å². The molecule has 1 saturated heterocycles. The van der Waals surface area contributed by atoms with Gasteiger partial charge in [-0.25, -0.2) is 4.39 Å². The Morgan fingerprint density at radius 1 is 1.44 bits per heavy atom. The van der Waals surface area contributed by atoms with Crippen LogP contribution in [0.25, 0.3) is 0 Å². The maximum atomic E-state index is 13.0. The second-order valence-corrected chi connectivity index (χ2v) is 2.91. The van der Waals surface area contributed by atoms with Crippen molar-refractivity contribution in [1.82, 2.24) is 5.32 Å². The highest BCUT2D eigenvalue weighted by molar-refractivity contribution is 5.03. The van der Waals surface area contributed by atoms with Crippen molar-refractivity contribution in [1.29, 1.82) is 0 Å². The van der Waals surface area contributed by atoms with Crippen molar-refractivity contribution in [3.05, 3.63) is 0 Å². The van der Waals surface area contributed by atoms with E-state index in [9.17, 15) is 4.39 Å².